The third kappa shape index (κ3) is 2.04. The Morgan fingerprint density at radius 2 is 2.00 bits per heavy atom. The zero-order valence-corrected chi connectivity index (χ0v) is 8.91. The largest absolute Gasteiger partial charge is 0.449 e. The van der Waals surface area contributed by atoms with Crippen molar-refractivity contribution in [2.75, 3.05) is 0 Å². The fourth-order valence-electron chi connectivity index (χ4n) is 1.62. The van der Waals surface area contributed by atoms with Gasteiger partial charge in [-0.2, -0.15) is 5.26 Å². The van der Waals surface area contributed by atoms with Gasteiger partial charge in [0.25, 0.3) is 0 Å². The molecule has 0 saturated carbocycles. The smallest absolute Gasteiger partial charge is 0.246 e. The Bertz CT molecular complexity index is 418. The van der Waals surface area contributed by atoms with Gasteiger partial charge in [0.05, 0.1) is 6.07 Å². The molecule has 1 aliphatic heterocycles. The minimum absolute atomic E-state index is 0.531. The standard InChI is InChI=1S/C12H13NO2/c1-12(2)14-10-6-5-9(4-3-7-13)8-11(10)15-12/h5-6,8H,3-4H2,1-2H3. The number of hydrogen-bond donors (Lipinski definition) is 0. The minimum Gasteiger partial charge on any atom is -0.449 e. The molecule has 3 nitrogen and oxygen atoms in total. The number of aryl methyl sites for hydroxylation is 1. The summed E-state index contributed by atoms with van der Waals surface area (Å²) < 4.78 is 11.2. The van der Waals surface area contributed by atoms with Crippen molar-refractivity contribution in [2.24, 2.45) is 0 Å². The van der Waals surface area contributed by atoms with Crippen molar-refractivity contribution in [1.82, 2.24) is 0 Å². The summed E-state index contributed by atoms with van der Waals surface area (Å²) in [6.45, 7) is 3.75. The quantitative estimate of drug-likeness (QED) is 0.742. The number of ether oxygens (including phenoxy) is 2. The molecule has 0 aromatic heterocycles. The van der Waals surface area contributed by atoms with Crippen LogP contribution < -0.4 is 9.47 Å². The van der Waals surface area contributed by atoms with E-state index in [4.69, 9.17) is 14.7 Å². The van der Waals surface area contributed by atoms with Gasteiger partial charge in [-0.15, -0.1) is 0 Å². The van der Waals surface area contributed by atoms with Crippen LogP contribution >= 0.6 is 0 Å². The van der Waals surface area contributed by atoms with Crippen molar-refractivity contribution in [2.45, 2.75) is 32.5 Å². The lowest BCUT2D eigenvalue weighted by atomic mass is 10.1. The number of hydrogen-bond acceptors (Lipinski definition) is 3. The summed E-state index contributed by atoms with van der Waals surface area (Å²) in [4.78, 5) is 0. The maximum atomic E-state index is 8.50. The number of benzene rings is 1. The van der Waals surface area contributed by atoms with E-state index in [0.29, 0.717) is 6.42 Å². The van der Waals surface area contributed by atoms with Crippen LogP contribution in [0.2, 0.25) is 0 Å². The summed E-state index contributed by atoms with van der Waals surface area (Å²) in [6.07, 6.45) is 1.29. The van der Waals surface area contributed by atoms with Gasteiger partial charge in [0, 0.05) is 20.3 Å². The Morgan fingerprint density at radius 1 is 1.27 bits per heavy atom. The molecule has 2 rings (SSSR count). The van der Waals surface area contributed by atoms with Crippen LogP contribution in [0.4, 0.5) is 0 Å². The molecule has 0 amide bonds. The van der Waals surface area contributed by atoms with Crippen LogP contribution in [0.1, 0.15) is 25.8 Å². The third-order valence-corrected chi connectivity index (χ3v) is 2.25. The lowest BCUT2D eigenvalue weighted by Crippen LogP contribution is -2.29. The Kier molecular flexibility index (Phi) is 2.28. The monoisotopic (exact) mass is 203 g/mol. The van der Waals surface area contributed by atoms with Gasteiger partial charge in [0.15, 0.2) is 11.5 Å². The summed E-state index contributed by atoms with van der Waals surface area (Å²) in [5.41, 5.74) is 1.11. The van der Waals surface area contributed by atoms with Crippen molar-refractivity contribution in [3.8, 4) is 17.6 Å². The predicted molar refractivity (Wildman–Crippen MR) is 55.7 cm³/mol. The molecule has 0 radical (unpaired) electrons. The molecule has 0 atom stereocenters. The topological polar surface area (TPSA) is 42.2 Å². The summed E-state index contributed by atoms with van der Waals surface area (Å²) in [7, 11) is 0. The molecule has 1 heterocycles. The summed E-state index contributed by atoms with van der Waals surface area (Å²) in [5, 5.41) is 8.50. The summed E-state index contributed by atoms with van der Waals surface area (Å²) >= 11 is 0. The average Bonchev–Trinajstić information content (AvgIpc) is 2.47. The molecule has 3 heteroatoms. The molecule has 0 unspecified atom stereocenters. The van der Waals surface area contributed by atoms with Gasteiger partial charge in [0.2, 0.25) is 5.79 Å². The second kappa shape index (κ2) is 3.47. The summed E-state index contributed by atoms with van der Waals surface area (Å²) in [6, 6.07) is 7.95. The maximum Gasteiger partial charge on any atom is 0.246 e. The molecule has 1 aliphatic rings. The van der Waals surface area contributed by atoms with Gasteiger partial charge in [-0.1, -0.05) is 6.07 Å². The molecule has 15 heavy (non-hydrogen) atoms. The van der Waals surface area contributed by atoms with Crippen LogP contribution in [0.3, 0.4) is 0 Å². The minimum atomic E-state index is -0.573. The molecule has 0 fully saturated rings. The Labute approximate surface area is 89.2 Å². The third-order valence-electron chi connectivity index (χ3n) is 2.25. The lowest BCUT2D eigenvalue weighted by Gasteiger charge is -2.16. The Hall–Kier alpha value is -1.69. The van der Waals surface area contributed by atoms with E-state index in [2.05, 4.69) is 6.07 Å². The SMILES string of the molecule is CC1(C)Oc2ccc(CCC#N)cc2O1. The van der Waals surface area contributed by atoms with Gasteiger partial charge >= 0.3 is 0 Å². The van der Waals surface area contributed by atoms with Gasteiger partial charge < -0.3 is 9.47 Å². The fraction of sp³-hybridized carbons (Fsp3) is 0.417. The van der Waals surface area contributed by atoms with E-state index in [1.54, 1.807) is 0 Å². The van der Waals surface area contributed by atoms with Gasteiger partial charge in [0.1, 0.15) is 0 Å². The highest BCUT2D eigenvalue weighted by Gasteiger charge is 2.31. The average molecular weight is 203 g/mol. The van der Waals surface area contributed by atoms with E-state index < -0.39 is 5.79 Å². The molecule has 0 N–H and O–H groups in total. The number of rotatable bonds is 2. The first-order chi connectivity index (χ1) is 7.11. The van der Waals surface area contributed by atoms with Crippen LogP contribution in [-0.4, -0.2) is 5.79 Å². The van der Waals surface area contributed by atoms with Crippen LogP contribution in [-0.2, 0) is 6.42 Å². The van der Waals surface area contributed by atoms with Gasteiger partial charge in [-0.25, -0.2) is 0 Å². The normalized spacial score (nSPS) is 16.1. The fourth-order valence-corrected chi connectivity index (χ4v) is 1.62. The molecule has 78 valence electrons. The lowest BCUT2D eigenvalue weighted by molar-refractivity contribution is -0.0431. The zero-order chi connectivity index (χ0) is 10.9. The van der Waals surface area contributed by atoms with E-state index in [0.717, 1.165) is 23.5 Å². The van der Waals surface area contributed by atoms with E-state index in [1.807, 2.05) is 32.0 Å². The molecule has 1 aromatic rings. The van der Waals surface area contributed by atoms with E-state index in [1.165, 1.54) is 0 Å². The van der Waals surface area contributed by atoms with Crippen LogP contribution in [0.5, 0.6) is 11.5 Å². The van der Waals surface area contributed by atoms with E-state index in [-0.39, 0.29) is 0 Å². The van der Waals surface area contributed by atoms with E-state index in [9.17, 15) is 0 Å². The van der Waals surface area contributed by atoms with Crippen molar-refractivity contribution >= 4 is 0 Å². The molecule has 0 aliphatic carbocycles. The first kappa shape index (κ1) is 9.85. The Balaban J connectivity index is 2.20. The van der Waals surface area contributed by atoms with Crippen molar-refractivity contribution in [1.29, 1.82) is 5.26 Å². The second-order valence-electron chi connectivity index (χ2n) is 4.04. The molecule has 0 spiro atoms. The summed E-state index contributed by atoms with van der Waals surface area (Å²) in [5.74, 6) is 0.979. The van der Waals surface area contributed by atoms with Crippen LogP contribution in [0.25, 0.3) is 0 Å². The number of fused-ring (bicyclic) bond motifs is 1. The van der Waals surface area contributed by atoms with Gasteiger partial charge in [-0.3, -0.25) is 0 Å². The van der Waals surface area contributed by atoms with E-state index >= 15 is 0 Å². The zero-order valence-electron chi connectivity index (χ0n) is 8.91. The maximum absolute atomic E-state index is 8.50. The van der Waals surface area contributed by atoms with Crippen molar-refractivity contribution in [3.63, 3.8) is 0 Å². The molecule has 0 bridgehead atoms. The molecule has 0 saturated heterocycles. The van der Waals surface area contributed by atoms with Gasteiger partial charge in [-0.05, 0) is 24.1 Å². The molecule has 1 aromatic carbocycles. The molecular weight excluding hydrogens is 190 g/mol. The molecular formula is C12H13NO2. The van der Waals surface area contributed by atoms with Crippen LogP contribution in [0, 0.1) is 11.3 Å². The van der Waals surface area contributed by atoms with Crippen LogP contribution in [0.15, 0.2) is 18.2 Å². The van der Waals surface area contributed by atoms with Crippen molar-refractivity contribution in [3.05, 3.63) is 23.8 Å². The highest BCUT2D eigenvalue weighted by molar-refractivity contribution is 5.45. The first-order valence-electron chi connectivity index (χ1n) is 4.99. The van der Waals surface area contributed by atoms with Crippen molar-refractivity contribution < 1.29 is 9.47 Å². The highest BCUT2D eigenvalue weighted by atomic mass is 16.7. The second-order valence-corrected chi connectivity index (χ2v) is 4.04. The first-order valence-corrected chi connectivity index (χ1v) is 4.99. The number of nitriles is 1. The Morgan fingerprint density at radius 3 is 2.73 bits per heavy atom. The number of nitrogens with zero attached hydrogens (tertiary/aromatic N) is 1. The predicted octanol–water partition coefficient (Wildman–Crippen LogP) is 2.65. The highest BCUT2D eigenvalue weighted by Crippen LogP contribution is 2.39.